The molecule has 1 aromatic carbocycles. The number of anilines is 1. The van der Waals surface area contributed by atoms with Crippen LogP contribution in [0.3, 0.4) is 0 Å². The normalized spacial score (nSPS) is 19.6. The lowest BCUT2D eigenvalue weighted by molar-refractivity contribution is -0.136. The number of carbonyl (C=O) groups excluding carboxylic acids is 2. The Morgan fingerprint density at radius 3 is 2.60 bits per heavy atom. The van der Waals surface area contributed by atoms with Crippen LogP contribution in [0.2, 0.25) is 0 Å². The minimum absolute atomic E-state index is 0.0562. The Labute approximate surface area is 176 Å². The van der Waals surface area contributed by atoms with Crippen molar-refractivity contribution in [3.05, 3.63) is 59.8 Å². The van der Waals surface area contributed by atoms with Gasteiger partial charge in [-0.15, -0.1) is 0 Å². The molecule has 2 aromatic rings. The van der Waals surface area contributed by atoms with Gasteiger partial charge in [-0.2, -0.15) is 5.26 Å². The molecule has 0 bridgehead atoms. The van der Waals surface area contributed by atoms with E-state index in [1.165, 1.54) is 0 Å². The number of hydrogen-bond donors (Lipinski definition) is 1. The molecular formula is C23H25N5O2. The van der Waals surface area contributed by atoms with E-state index in [0.29, 0.717) is 38.2 Å². The van der Waals surface area contributed by atoms with Gasteiger partial charge in [-0.25, -0.2) is 4.98 Å². The summed E-state index contributed by atoms with van der Waals surface area (Å²) in [5, 5.41) is 12.2. The maximum Gasteiger partial charge on any atom is 0.227 e. The van der Waals surface area contributed by atoms with Gasteiger partial charge in [0.25, 0.3) is 0 Å². The molecule has 1 atom stereocenters. The number of carbonyl (C=O) groups is 2. The highest BCUT2D eigenvalue weighted by molar-refractivity contribution is 5.89. The molecule has 0 aliphatic carbocycles. The third kappa shape index (κ3) is 4.60. The van der Waals surface area contributed by atoms with Gasteiger partial charge < -0.3 is 15.1 Å². The second kappa shape index (κ2) is 8.95. The van der Waals surface area contributed by atoms with E-state index in [9.17, 15) is 9.59 Å². The molecule has 3 heterocycles. The summed E-state index contributed by atoms with van der Waals surface area (Å²) in [5.74, 6) is 0.650. The van der Waals surface area contributed by atoms with Crippen LogP contribution in [0.15, 0.2) is 48.7 Å². The molecule has 154 valence electrons. The highest BCUT2D eigenvalue weighted by Crippen LogP contribution is 2.24. The molecule has 4 rings (SSSR count). The Balaban J connectivity index is 1.27. The summed E-state index contributed by atoms with van der Waals surface area (Å²) in [6.07, 6.45) is 3.53. The van der Waals surface area contributed by atoms with Gasteiger partial charge in [0.2, 0.25) is 11.8 Å². The van der Waals surface area contributed by atoms with Crippen LogP contribution in [-0.2, 0) is 16.1 Å². The zero-order chi connectivity index (χ0) is 20.9. The maximum atomic E-state index is 13.0. The first-order chi connectivity index (χ1) is 14.6. The lowest BCUT2D eigenvalue weighted by Crippen LogP contribution is -2.45. The average Bonchev–Trinajstić information content (AvgIpc) is 3.15. The lowest BCUT2D eigenvalue weighted by atomic mass is 10.0. The van der Waals surface area contributed by atoms with Crippen molar-refractivity contribution in [2.75, 3.05) is 25.0 Å². The fourth-order valence-electron chi connectivity index (χ4n) is 4.15. The average molecular weight is 403 g/mol. The van der Waals surface area contributed by atoms with Gasteiger partial charge in [0, 0.05) is 44.8 Å². The van der Waals surface area contributed by atoms with E-state index in [0.717, 1.165) is 24.2 Å². The highest BCUT2D eigenvalue weighted by atomic mass is 16.2. The van der Waals surface area contributed by atoms with E-state index in [1.54, 1.807) is 17.2 Å². The van der Waals surface area contributed by atoms with Crippen LogP contribution in [0.4, 0.5) is 5.82 Å². The van der Waals surface area contributed by atoms with E-state index in [4.69, 9.17) is 5.26 Å². The topological polar surface area (TPSA) is 89.3 Å². The number of benzene rings is 1. The van der Waals surface area contributed by atoms with Gasteiger partial charge >= 0.3 is 0 Å². The van der Waals surface area contributed by atoms with Crippen LogP contribution in [0.1, 0.15) is 30.4 Å². The summed E-state index contributed by atoms with van der Waals surface area (Å²) >= 11 is 0. The van der Waals surface area contributed by atoms with Crippen LogP contribution >= 0.6 is 0 Å². The van der Waals surface area contributed by atoms with Crippen molar-refractivity contribution in [1.29, 1.82) is 5.26 Å². The van der Waals surface area contributed by atoms with Gasteiger partial charge in [0.05, 0.1) is 11.5 Å². The van der Waals surface area contributed by atoms with Crippen LogP contribution in [0.25, 0.3) is 0 Å². The number of rotatable bonds is 5. The SMILES string of the molecule is N#Cc1ccc(NC2CCN(C(=O)[C@H]3CC(=O)N(Cc4ccccc4)C3)CC2)nc1. The van der Waals surface area contributed by atoms with Crippen molar-refractivity contribution < 1.29 is 9.59 Å². The van der Waals surface area contributed by atoms with Gasteiger partial charge in [0.15, 0.2) is 0 Å². The van der Waals surface area contributed by atoms with E-state index in [1.807, 2.05) is 41.3 Å². The molecule has 7 heteroatoms. The Kier molecular flexibility index (Phi) is 5.94. The van der Waals surface area contributed by atoms with Crippen molar-refractivity contribution in [2.45, 2.75) is 31.8 Å². The molecule has 0 radical (unpaired) electrons. The molecule has 0 saturated carbocycles. The second-order valence-corrected chi connectivity index (χ2v) is 7.95. The van der Waals surface area contributed by atoms with Gasteiger partial charge in [-0.05, 0) is 30.5 Å². The molecule has 1 aromatic heterocycles. The van der Waals surface area contributed by atoms with Crippen molar-refractivity contribution >= 4 is 17.6 Å². The summed E-state index contributed by atoms with van der Waals surface area (Å²) in [7, 11) is 0. The Morgan fingerprint density at radius 1 is 1.17 bits per heavy atom. The van der Waals surface area contributed by atoms with Crippen molar-refractivity contribution in [2.24, 2.45) is 5.92 Å². The number of amides is 2. The predicted molar refractivity (Wildman–Crippen MR) is 112 cm³/mol. The number of hydrogen-bond acceptors (Lipinski definition) is 5. The Morgan fingerprint density at radius 2 is 1.93 bits per heavy atom. The van der Waals surface area contributed by atoms with Crippen LogP contribution < -0.4 is 5.32 Å². The third-order valence-electron chi connectivity index (χ3n) is 5.83. The van der Waals surface area contributed by atoms with Gasteiger partial charge in [-0.1, -0.05) is 30.3 Å². The molecule has 2 aliphatic rings. The zero-order valence-corrected chi connectivity index (χ0v) is 16.8. The standard InChI is InChI=1S/C23H25N5O2/c24-13-18-6-7-21(25-14-18)26-20-8-10-27(11-9-20)23(30)19-12-22(29)28(16-19)15-17-4-2-1-3-5-17/h1-7,14,19-20H,8-12,15-16H2,(H,25,26)/t19-/m0/s1. The van der Waals surface area contributed by atoms with Crippen LogP contribution in [0, 0.1) is 17.2 Å². The minimum atomic E-state index is -0.245. The molecule has 2 saturated heterocycles. The monoisotopic (exact) mass is 403 g/mol. The van der Waals surface area contributed by atoms with E-state index in [2.05, 4.69) is 16.4 Å². The summed E-state index contributed by atoms with van der Waals surface area (Å²) in [6.45, 7) is 2.42. The fraction of sp³-hybridized carbons (Fsp3) is 0.391. The second-order valence-electron chi connectivity index (χ2n) is 7.95. The van der Waals surface area contributed by atoms with E-state index >= 15 is 0 Å². The first kappa shape index (κ1) is 19.9. The molecule has 0 spiro atoms. The number of pyridine rings is 1. The van der Waals surface area contributed by atoms with Crippen LogP contribution in [0.5, 0.6) is 0 Å². The quantitative estimate of drug-likeness (QED) is 0.828. The van der Waals surface area contributed by atoms with Crippen molar-refractivity contribution in [3.63, 3.8) is 0 Å². The summed E-state index contributed by atoms with van der Waals surface area (Å²) in [6, 6.07) is 15.7. The molecule has 0 unspecified atom stereocenters. The molecule has 7 nitrogen and oxygen atoms in total. The number of aromatic nitrogens is 1. The molecule has 1 N–H and O–H groups in total. The largest absolute Gasteiger partial charge is 0.367 e. The summed E-state index contributed by atoms with van der Waals surface area (Å²) < 4.78 is 0. The maximum absolute atomic E-state index is 13.0. The summed E-state index contributed by atoms with van der Waals surface area (Å²) in [4.78, 5) is 33.3. The molecule has 2 aliphatic heterocycles. The molecule has 2 fully saturated rings. The fourth-order valence-corrected chi connectivity index (χ4v) is 4.15. The molecule has 30 heavy (non-hydrogen) atoms. The van der Waals surface area contributed by atoms with Crippen molar-refractivity contribution in [1.82, 2.24) is 14.8 Å². The first-order valence-corrected chi connectivity index (χ1v) is 10.4. The van der Waals surface area contributed by atoms with E-state index in [-0.39, 0.29) is 23.8 Å². The Bertz CT molecular complexity index is 930. The number of piperidine rings is 1. The summed E-state index contributed by atoms with van der Waals surface area (Å²) in [5.41, 5.74) is 1.62. The smallest absolute Gasteiger partial charge is 0.227 e. The number of likely N-dealkylation sites (tertiary alicyclic amines) is 2. The number of nitrogens with zero attached hydrogens (tertiary/aromatic N) is 4. The molecular weight excluding hydrogens is 378 g/mol. The predicted octanol–water partition coefficient (Wildman–Crippen LogP) is 2.40. The van der Waals surface area contributed by atoms with Gasteiger partial charge in [0.1, 0.15) is 11.9 Å². The zero-order valence-electron chi connectivity index (χ0n) is 16.8. The number of nitriles is 1. The third-order valence-corrected chi connectivity index (χ3v) is 5.83. The highest BCUT2D eigenvalue weighted by Gasteiger charge is 2.37. The first-order valence-electron chi connectivity index (χ1n) is 10.4. The van der Waals surface area contributed by atoms with Crippen LogP contribution in [-0.4, -0.2) is 52.3 Å². The minimum Gasteiger partial charge on any atom is -0.367 e. The Hall–Kier alpha value is -3.40. The number of nitrogens with one attached hydrogen (secondary N) is 1. The van der Waals surface area contributed by atoms with Gasteiger partial charge in [-0.3, -0.25) is 9.59 Å². The lowest BCUT2D eigenvalue weighted by Gasteiger charge is -2.34. The molecule has 2 amide bonds. The van der Waals surface area contributed by atoms with E-state index < -0.39 is 0 Å². The van der Waals surface area contributed by atoms with Crippen molar-refractivity contribution in [3.8, 4) is 6.07 Å².